The van der Waals surface area contributed by atoms with Crippen LogP contribution in [-0.4, -0.2) is 9.91 Å². The Balaban J connectivity index is 2.20. The Hall–Kier alpha value is -1.47. The Morgan fingerprint density at radius 1 is 1.45 bits per heavy atom. The average molecular weight is 356 g/mol. The number of rotatable bonds is 4. The third-order valence-corrected chi connectivity index (χ3v) is 4.41. The first-order valence-corrected chi connectivity index (χ1v) is 7.64. The zero-order valence-electron chi connectivity index (χ0n) is 11.3. The minimum Gasteiger partial charge on any atom is -0.377 e. The molecule has 0 amide bonds. The zero-order valence-corrected chi connectivity index (χ0v) is 13.7. The van der Waals surface area contributed by atoms with E-state index >= 15 is 0 Å². The van der Waals surface area contributed by atoms with Crippen LogP contribution in [0, 0.1) is 24.0 Å². The van der Waals surface area contributed by atoms with Gasteiger partial charge in [-0.1, -0.05) is 0 Å². The quantitative estimate of drug-likeness (QED) is 0.642. The van der Waals surface area contributed by atoms with E-state index in [1.165, 1.54) is 10.9 Å². The molecule has 20 heavy (non-hydrogen) atoms. The SMILES string of the molecule is Cc1nc(C(C)Nc2ccc([N+](=O)[O-])c(Br)c2)c(C)s1. The van der Waals surface area contributed by atoms with E-state index in [4.69, 9.17) is 0 Å². The van der Waals surface area contributed by atoms with Crippen LogP contribution in [0.4, 0.5) is 11.4 Å². The molecular weight excluding hydrogens is 342 g/mol. The van der Waals surface area contributed by atoms with Crippen molar-refractivity contribution in [2.75, 3.05) is 5.32 Å². The predicted molar refractivity (Wildman–Crippen MR) is 84.4 cm³/mol. The van der Waals surface area contributed by atoms with Gasteiger partial charge in [0.2, 0.25) is 0 Å². The van der Waals surface area contributed by atoms with E-state index in [-0.39, 0.29) is 11.7 Å². The van der Waals surface area contributed by atoms with Crippen LogP contribution < -0.4 is 5.32 Å². The third-order valence-electron chi connectivity index (χ3n) is 2.88. The summed E-state index contributed by atoms with van der Waals surface area (Å²) in [5.74, 6) is 0. The smallest absolute Gasteiger partial charge is 0.283 e. The monoisotopic (exact) mass is 355 g/mol. The van der Waals surface area contributed by atoms with E-state index in [0.717, 1.165) is 16.4 Å². The van der Waals surface area contributed by atoms with Crippen LogP contribution in [0.15, 0.2) is 22.7 Å². The van der Waals surface area contributed by atoms with Crippen molar-refractivity contribution >= 4 is 38.6 Å². The first-order chi connectivity index (χ1) is 9.38. The predicted octanol–water partition coefficient (Wildman–Crippen LogP) is 4.60. The van der Waals surface area contributed by atoms with Gasteiger partial charge in [-0.05, 0) is 48.8 Å². The molecule has 0 radical (unpaired) electrons. The van der Waals surface area contributed by atoms with Gasteiger partial charge < -0.3 is 5.32 Å². The number of nitrogens with one attached hydrogen (secondary N) is 1. The van der Waals surface area contributed by atoms with Gasteiger partial charge in [0.05, 0.1) is 26.1 Å². The molecule has 1 unspecified atom stereocenters. The fraction of sp³-hybridized carbons (Fsp3) is 0.308. The van der Waals surface area contributed by atoms with Crippen molar-refractivity contribution in [1.82, 2.24) is 4.98 Å². The Labute approximate surface area is 129 Å². The summed E-state index contributed by atoms with van der Waals surface area (Å²) >= 11 is 4.89. The highest BCUT2D eigenvalue weighted by molar-refractivity contribution is 9.10. The van der Waals surface area contributed by atoms with Crippen LogP contribution in [-0.2, 0) is 0 Å². The number of benzene rings is 1. The largest absolute Gasteiger partial charge is 0.377 e. The average Bonchev–Trinajstić information content (AvgIpc) is 2.68. The van der Waals surface area contributed by atoms with Crippen molar-refractivity contribution in [2.45, 2.75) is 26.8 Å². The number of thiazole rings is 1. The first kappa shape index (κ1) is 14.9. The van der Waals surface area contributed by atoms with Crippen molar-refractivity contribution in [3.8, 4) is 0 Å². The first-order valence-electron chi connectivity index (χ1n) is 6.03. The number of halogens is 1. The van der Waals surface area contributed by atoms with Crippen LogP contribution in [0.25, 0.3) is 0 Å². The van der Waals surface area contributed by atoms with E-state index < -0.39 is 4.92 Å². The fourth-order valence-electron chi connectivity index (χ4n) is 2.01. The van der Waals surface area contributed by atoms with Crippen molar-refractivity contribution in [1.29, 1.82) is 0 Å². The van der Waals surface area contributed by atoms with Crippen LogP contribution in [0.1, 0.15) is 28.5 Å². The van der Waals surface area contributed by atoms with Gasteiger partial charge in [0.1, 0.15) is 0 Å². The van der Waals surface area contributed by atoms with Crippen molar-refractivity contribution < 1.29 is 4.92 Å². The lowest BCUT2D eigenvalue weighted by molar-refractivity contribution is -0.385. The number of aromatic nitrogens is 1. The van der Waals surface area contributed by atoms with Gasteiger partial charge >= 0.3 is 0 Å². The highest BCUT2D eigenvalue weighted by atomic mass is 79.9. The second kappa shape index (κ2) is 5.88. The summed E-state index contributed by atoms with van der Waals surface area (Å²) in [6.07, 6.45) is 0. The van der Waals surface area contributed by atoms with E-state index in [2.05, 4.69) is 26.2 Å². The molecule has 5 nitrogen and oxygen atoms in total. The van der Waals surface area contributed by atoms with E-state index in [0.29, 0.717) is 4.47 Å². The van der Waals surface area contributed by atoms with Crippen LogP contribution in [0.5, 0.6) is 0 Å². The molecule has 0 aliphatic rings. The summed E-state index contributed by atoms with van der Waals surface area (Å²) in [5, 5.41) is 15.1. The fourth-order valence-corrected chi connectivity index (χ4v) is 3.45. The van der Waals surface area contributed by atoms with Gasteiger partial charge in [-0.15, -0.1) is 11.3 Å². The standard InChI is InChI=1S/C13H14BrN3O2S/c1-7(13-8(2)20-9(3)16-13)15-10-4-5-12(17(18)19)11(14)6-10/h4-7,15H,1-3H3. The van der Waals surface area contributed by atoms with Gasteiger partial charge in [0, 0.05) is 16.6 Å². The maximum absolute atomic E-state index is 10.8. The Morgan fingerprint density at radius 2 is 2.15 bits per heavy atom. The molecule has 0 aliphatic carbocycles. The lowest BCUT2D eigenvalue weighted by atomic mass is 10.2. The number of nitro benzene ring substituents is 1. The molecule has 1 heterocycles. The Kier molecular flexibility index (Phi) is 4.39. The Bertz CT molecular complexity index is 657. The highest BCUT2D eigenvalue weighted by Crippen LogP contribution is 2.30. The minimum atomic E-state index is -0.411. The molecule has 0 fully saturated rings. The number of hydrogen-bond donors (Lipinski definition) is 1. The molecule has 106 valence electrons. The number of hydrogen-bond acceptors (Lipinski definition) is 5. The number of nitrogens with zero attached hydrogens (tertiary/aromatic N) is 2. The molecule has 1 aromatic heterocycles. The summed E-state index contributed by atoms with van der Waals surface area (Å²) < 4.78 is 0.464. The molecule has 0 saturated carbocycles. The van der Waals surface area contributed by atoms with Gasteiger partial charge in [-0.3, -0.25) is 10.1 Å². The van der Waals surface area contributed by atoms with Gasteiger partial charge in [0.25, 0.3) is 5.69 Å². The van der Waals surface area contributed by atoms with Crippen molar-refractivity contribution in [3.63, 3.8) is 0 Å². The number of nitro groups is 1. The molecule has 0 aliphatic heterocycles. The zero-order chi connectivity index (χ0) is 14.9. The summed E-state index contributed by atoms with van der Waals surface area (Å²) in [6, 6.07) is 4.95. The highest BCUT2D eigenvalue weighted by Gasteiger charge is 2.15. The molecule has 0 saturated heterocycles. The summed E-state index contributed by atoms with van der Waals surface area (Å²) in [4.78, 5) is 16.1. The molecule has 7 heteroatoms. The second-order valence-electron chi connectivity index (χ2n) is 4.46. The molecule has 1 N–H and O–H groups in total. The summed E-state index contributed by atoms with van der Waals surface area (Å²) in [7, 11) is 0. The molecule has 0 spiro atoms. The lowest BCUT2D eigenvalue weighted by Crippen LogP contribution is -2.08. The third kappa shape index (κ3) is 3.16. The number of aryl methyl sites for hydroxylation is 2. The van der Waals surface area contributed by atoms with E-state index in [1.54, 1.807) is 23.5 Å². The summed E-state index contributed by atoms with van der Waals surface area (Å²) in [5.41, 5.74) is 1.89. The van der Waals surface area contributed by atoms with Crippen LogP contribution >= 0.6 is 27.3 Å². The molecule has 0 bridgehead atoms. The lowest BCUT2D eigenvalue weighted by Gasteiger charge is -2.14. The second-order valence-corrected chi connectivity index (χ2v) is 6.73. The van der Waals surface area contributed by atoms with Gasteiger partial charge in [-0.25, -0.2) is 4.98 Å². The van der Waals surface area contributed by atoms with Crippen molar-refractivity contribution in [3.05, 3.63) is 48.4 Å². The van der Waals surface area contributed by atoms with Crippen LogP contribution in [0.2, 0.25) is 0 Å². The molecule has 2 rings (SSSR count). The molecular formula is C13H14BrN3O2S. The maximum atomic E-state index is 10.8. The Morgan fingerprint density at radius 3 is 2.65 bits per heavy atom. The van der Waals surface area contributed by atoms with E-state index in [9.17, 15) is 10.1 Å². The van der Waals surface area contributed by atoms with Gasteiger partial charge in [-0.2, -0.15) is 0 Å². The topological polar surface area (TPSA) is 68.1 Å². The van der Waals surface area contributed by atoms with E-state index in [1.807, 2.05) is 20.8 Å². The molecule has 2 aromatic rings. The van der Waals surface area contributed by atoms with Crippen molar-refractivity contribution in [2.24, 2.45) is 0 Å². The minimum absolute atomic E-state index is 0.0494. The normalized spacial score (nSPS) is 12.2. The van der Waals surface area contributed by atoms with Gasteiger partial charge in [0.15, 0.2) is 0 Å². The molecule has 1 atom stereocenters. The number of anilines is 1. The summed E-state index contributed by atoms with van der Waals surface area (Å²) in [6.45, 7) is 6.05. The molecule has 1 aromatic carbocycles. The van der Waals surface area contributed by atoms with Crippen LogP contribution in [0.3, 0.4) is 0 Å². The maximum Gasteiger partial charge on any atom is 0.283 e.